The summed E-state index contributed by atoms with van der Waals surface area (Å²) in [6.07, 6.45) is 4.99. The average Bonchev–Trinajstić information content (AvgIpc) is 2.71. The molecule has 2 heteroatoms. The lowest BCUT2D eigenvalue weighted by Crippen LogP contribution is -2.10. The summed E-state index contributed by atoms with van der Waals surface area (Å²) in [4.78, 5) is 2.36. The molecule has 2 nitrogen and oxygen atoms in total. The zero-order valence-electron chi connectivity index (χ0n) is 8.71. The minimum Gasteiger partial charge on any atom is -0.393 e. The Hall–Kier alpha value is -0.0800. The topological polar surface area (TPSA) is 23.5 Å². The van der Waals surface area contributed by atoms with Gasteiger partial charge in [0.05, 0.1) is 6.10 Å². The molecule has 2 aliphatic rings. The molecule has 0 amide bonds. The van der Waals surface area contributed by atoms with Crippen LogP contribution in [0.1, 0.15) is 39.5 Å². The predicted molar refractivity (Wildman–Crippen MR) is 53.3 cm³/mol. The summed E-state index contributed by atoms with van der Waals surface area (Å²) >= 11 is 0. The third kappa shape index (κ3) is 8.02. The van der Waals surface area contributed by atoms with Crippen LogP contribution in [-0.2, 0) is 0 Å². The van der Waals surface area contributed by atoms with Crippen molar-refractivity contribution in [2.45, 2.75) is 45.6 Å². The SMILES string of the molecule is CC.CN1CCCC1.OC1CC1. The first-order valence-electron chi connectivity index (χ1n) is 5.15. The second kappa shape index (κ2) is 7.56. The molecule has 12 heavy (non-hydrogen) atoms. The van der Waals surface area contributed by atoms with Crippen LogP contribution in [0.5, 0.6) is 0 Å². The van der Waals surface area contributed by atoms with E-state index in [0.717, 1.165) is 12.8 Å². The molecule has 2 rings (SSSR count). The van der Waals surface area contributed by atoms with Gasteiger partial charge in [-0.2, -0.15) is 0 Å². The van der Waals surface area contributed by atoms with Crippen molar-refractivity contribution in [3.63, 3.8) is 0 Å². The molecular formula is C10H23NO. The number of hydrogen-bond donors (Lipinski definition) is 1. The summed E-state index contributed by atoms with van der Waals surface area (Å²) in [6, 6.07) is 0. The van der Waals surface area contributed by atoms with Crippen molar-refractivity contribution < 1.29 is 5.11 Å². The third-order valence-corrected chi connectivity index (χ3v) is 1.88. The fourth-order valence-electron chi connectivity index (χ4n) is 0.950. The summed E-state index contributed by atoms with van der Waals surface area (Å²) < 4.78 is 0. The number of aliphatic hydroxyl groups excluding tert-OH is 1. The van der Waals surface area contributed by atoms with Gasteiger partial charge in [0.1, 0.15) is 0 Å². The number of likely N-dealkylation sites (tertiary alicyclic amines) is 1. The van der Waals surface area contributed by atoms with E-state index in [4.69, 9.17) is 5.11 Å². The first kappa shape index (κ1) is 11.9. The highest BCUT2D eigenvalue weighted by Crippen LogP contribution is 2.16. The molecule has 0 aromatic carbocycles. The van der Waals surface area contributed by atoms with E-state index in [1.165, 1.54) is 25.9 Å². The van der Waals surface area contributed by atoms with E-state index in [-0.39, 0.29) is 6.10 Å². The summed E-state index contributed by atoms with van der Waals surface area (Å²) in [5.41, 5.74) is 0. The Labute approximate surface area is 76.6 Å². The lowest BCUT2D eigenvalue weighted by molar-refractivity contribution is 0.279. The van der Waals surface area contributed by atoms with Gasteiger partial charge in [0.15, 0.2) is 0 Å². The number of hydrogen-bond acceptors (Lipinski definition) is 2. The molecule has 1 N–H and O–H groups in total. The fourth-order valence-corrected chi connectivity index (χ4v) is 0.950. The van der Waals surface area contributed by atoms with Gasteiger partial charge >= 0.3 is 0 Å². The highest BCUT2D eigenvalue weighted by atomic mass is 16.3. The Morgan fingerprint density at radius 2 is 1.42 bits per heavy atom. The van der Waals surface area contributed by atoms with Crippen molar-refractivity contribution in [2.75, 3.05) is 20.1 Å². The first-order chi connectivity index (χ1) is 5.79. The zero-order chi connectivity index (χ0) is 9.40. The van der Waals surface area contributed by atoms with E-state index in [2.05, 4.69) is 11.9 Å². The molecule has 0 aromatic heterocycles. The van der Waals surface area contributed by atoms with Crippen LogP contribution in [0.2, 0.25) is 0 Å². The minimum absolute atomic E-state index is 0.0833. The van der Waals surface area contributed by atoms with E-state index in [0.29, 0.717) is 0 Å². The van der Waals surface area contributed by atoms with Gasteiger partial charge in [-0.1, -0.05) is 13.8 Å². The van der Waals surface area contributed by atoms with Gasteiger partial charge in [-0.05, 0) is 45.8 Å². The summed E-state index contributed by atoms with van der Waals surface area (Å²) in [5, 5.41) is 8.17. The van der Waals surface area contributed by atoms with Crippen LogP contribution in [-0.4, -0.2) is 36.2 Å². The van der Waals surface area contributed by atoms with Crippen molar-refractivity contribution in [3.8, 4) is 0 Å². The predicted octanol–water partition coefficient (Wildman–Crippen LogP) is 1.88. The van der Waals surface area contributed by atoms with Gasteiger partial charge < -0.3 is 10.0 Å². The van der Waals surface area contributed by atoms with Crippen LogP contribution >= 0.6 is 0 Å². The average molecular weight is 173 g/mol. The van der Waals surface area contributed by atoms with Gasteiger partial charge in [0.25, 0.3) is 0 Å². The van der Waals surface area contributed by atoms with Crippen LogP contribution in [0.15, 0.2) is 0 Å². The van der Waals surface area contributed by atoms with Gasteiger partial charge in [-0.3, -0.25) is 0 Å². The molecule has 1 aliphatic heterocycles. The summed E-state index contributed by atoms with van der Waals surface area (Å²) in [7, 11) is 2.17. The van der Waals surface area contributed by atoms with E-state index < -0.39 is 0 Å². The van der Waals surface area contributed by atoms with E-state index in [1.807, 2.05) is 13.8 Å². The Kier molecular flexibility index (Phi) is 7.51. The fraction of sp³-hybridized carbons (Fsp3) is 1.00. The van der Waals surface area contributed by atoms with E-state index in [1.54, 1.807) is 0 Å². The second-order valence-electron chi connectivity index (χ2n) is 3.24. The molecule has 1 heterocycles. The molecule has 1 saturated heterocycles. The Bertz CT molecular complexity index is 85.8. The second-order valence-corrected chi connectivity index (χ2v) is 3.24. The van der Waals surface area contributed by atoms with Crippen molar-refractivity contribution in [3.05, 3.63) is 0 Å². The maximum absolute atomic E-state index is 8.17. The first-order valence-corrected chi connectivity index (χ1v) is 5.15. The zero-order valence-corrected chi connectivity index (χ0v) is 8.71. The molecule has 0 unspecified atom stereocenters. The number of aliphatic hydroxyl groups is 1. The van der Waals surface area contributed by atoms with Crippen LogP contribution < -0.4 is 0 Å². The quantitative estimate of drug-likeness (QED) is 0.604. The van der Waals surface area contributed by atoms with Crippen molar-refractivity contribution in [1.29, 1.82) is 0 Å². The Morgan fingerprint density at radius 1 is 1.08 bits per heavy atom. The normalized spacial score (nSPS) is 22.0. The molecule has 0 bridgehead atoms. The highest BCUT2D eigenvalue weighted by Gasteiger charge is 2.15. The Morgan fingerprint density at radius 3 is 1.50 bits per heavy atom. The van der Waals surface area contributed by atoms with Crippen LogP contribution in [0.25, 0.3) is 0 Å². The lowest BCUT2D eigenvalue weighted by Gasteiger charge is -2.01. The lowest BCUT2D eigenvalue weighted by atomic mass is 10.4. The van der Waals surface area contributed by atoms with Crippen LogP contribution in [0.3, 0.4) is 0 Å². The molecule has 1 saturated carbocycles. The molecular weight excluding hydrogens is 150 g/mol. The van der Waals surface area contributed by atoms with Gasteiger partial charge in [0.2, 0.25) is 0 Å². The van der Waals surface area contributed by atoms with Crippen molar-refractivity contribution in [2.24, 2.45) is 0 Å². The Balaban J connectivity index is 0.000000176. The third-order valence-electron chi connectivity index (χ3n) is 1.88. The molecule has 0 atom stereocenters. The molecule has 0 radical (unpaired) electrons. The molecule has 2 fully saturated rings. The van der Waals surface area contributed by atoms with E-state index >= 15 is 0 Å². The van der Waals surface area contributed by atoms with Crippen LogP contribution in [0.4, 0.5) is 0 Å². The smallest absolute Gasteiger partial charge is 0.0542 e. The van der Waals surface area contributed by atoms with Gasteiger partial charge in [0, 0.05) is 0 Å². The summed E-state index contributed by atoms with van der Waals surface area (Å²) in [5.74, 6) is 0. The van der Waals surface area contributed by atoms with Crippen molar-refractivity contribution >= 4 is 0 Å². The number of nitrogens with zero attached hydrogens (tertiary/aromatic N) is 1. The molecule has 1 aliphatic carbocycles. The van der Waals surface area contributed by atoms with E-state index in [9.17, 15) is 0 Å². The number of rotatable bonds is 0. The van der Waals surface area contributed by atoms with Gasteiger partial charge in [-0.25, -0.2) is 0 Å². The summed E-state index contributed by atoms with van der Waals surface area (Å²) in [6.45, 7) is 6.64. The maximum atomic E-state index is 8.17. The molecule has 0 aromatic rings. The molecule has 0 spiro atoms. The van der Waals surface area contributed by atoms with Crippen molar-refractivity contribution in [1.82, 2.24) is 4.90 Å². The van der Waals surface area contributed by atoms with Gasteiger partial charge in [-0.15, -0.1) is 0 Å². The minimum atomic E-state index is 0.0833. The molecule has 74 valence electrons. The monoisotopic (exact) mass is 173 g/mol. The largest absolute Gasteiger partial charge is 0.393 e. The highest BCUT2D eigenvalue weighted by molar-refractivity contribution is 4.68. The van der Waals surface area contributed by atoms with Crippen LogP contribution in [0, 0.1) is 0 Å². The standard InChI is InChI=1S/C5H11N.C3H6O.C2H6/c1-6-4-2-3-5-6;4-3-1-2-3;1-2/h2-5H2,1H3;3-4H,1-2H2;1-2H3. The maximum Gasteiger partial charge on any atom is 0.0542 e.